The third-order valence-corrected chi connectivity index (χ3v) is 9.53. The molecule has 41 heavy (non-hydrogen) atoms. The number of aromatic amines is 1. The summed E-state index contributed by atoms with van der Waals surface area (Å²) < 4.78 is 38.9. The number of pyridine rings is 1. The number of H-pyrrole nitrogens is 1. The van der Waals surface area contributed by atoms with E-state index in [2.05, 4.69) is 15.6 Å². The minimum atomic E-state index is -2.72. The summed E-state index contributed by atoms with van der Waals surface area (Å²) in [5, 5.41) is 6.01. The first-order valence-corrected chi connectivity index (χ1v) is 15.3. The molecule has 2 aromatic rings. The summed E-state index contributed by atoms with van der Waals surface area (Å²) in [6.07, 6.45) is 3.86. The highest BCUT2D eigenvalue weighted by atomic mass is 35.5. The highest BCUT2D eigenvalue weighted by molar-refractivity contribution is 7.98. The van der Waals surface area contributed by atoms with Gasteiger partial charge in [0.05, 0.1) is 5.02 Å². The number of ether oxygens (including phenoxy) is 2. The largest absolute Gasteiger partial charge is 0.448 e. The van der Waals surface area contributed by atoms with Gasteiger partial charge < -0.3 is 25.1 Å². The van der Waals surface area contributed by atoms with E-state index in [1.54, 1.807) is 19.9 Å². The number of carbonyl (C=O) groups is 2. The molecule has 1 aromatic heterocycles. The second kappa shape index (κ2) is 11.1. The Morgan fingerprint density at radius 2 is 1.78 bits per heavy atom. The van der Waals surface area contributed by atoms with E-state index in [-0.39, 0.29) is 47.8 Å². The van der Waals surface area contributed by atoms with E-state index in [1.807, 2.05) is 19.2 Å². The Hall–Kier alpha value is -2.79. The van der Waals surface area contributed by atoms with E-state index in [0.29, 0.717) is 53.9 Å². The van der Waals surface area contributed by atoms with E-state index in [9.17, 15) is 23.2 Å². The van der Waals surface area contributed by atoms with Gasteiger partial charge in [0.2, 0.25) is 11.8 Å². The number of hydrogen-bond donors (Lipinski definition) is 3. The van der Waals surface area contributed by atoms with Crippen LogP contribution in [0.5, 0.6) is 11.5 Å². The zero-order valence-corrected chi connectivity index (χ0v) is 25.0. The summed E-state index contributed by atoms with van der Waals surface area (Å²) >= 11 is 8.01. The molecule has 2 heterocycles. The van der Waals surface area contributed by atoms with Gasteiger partial charge in [-0.3, -0.25) is 14.4 Å². The van der Waals surface area contributed by atoms with E-state index in [0.717, 1.165) is 10.6 Å². The molecule has 2 fully saturated rings. The predicted octanol–water partition coefficient (Wildman–Crippen LogP) is 5.50. The summed E-state index contributed by atoms with van der Waals surface area (Å²) in [7, 11) is 0. The van der Waals surface area contributed by atoms with Crippen LogP contribution in [0.2, 0.25) is 5.02 Å². The molecule has 2 aliphatic carbocycles. The van der Waals surface area contributed by atoms with Gasteiger partial charge in [-0.2, -0.15) is 0 Å². The first-order valence-electron chi connectivity index (χ1n) is 13.7. The molecule has 3 N–H and O–H groups in total. The Balaban J connectivity index is 1.23. The quantitative estimate of drug-likeness (QED) is 0.358. The van der Waals surface area contributed by atoms with Crippen LogP contribution in [0.1, 0.15) is 72.6 Å². The second-order valence-corrected chi connectivity index (χ2v) is 12.7. The van der Waals surface area contributed by atoms with Crippen LogP contribution < -0.4 is 25.7 Å². The van der Waals surface area contributed by atoms with Gasteiger partial charge in [-0.25, -0.2) is 8.78 Å². The normalized spacial score (nSPS) is 25.0. The van der Waals surface area contributed by atoms with Crippen molar-refractivity contribution in [1.29, 1.82) is 0 Å². The zero-order chi connectivity index (χ0) is 29.7. The van der Waals surface area contributed by atoms with Gasteiger partial charge in [0.25, 0.3) is 17.3 Å². The number of carbonyl (C=O) groups excluding carboxylic acids is 2. The predicted molar refractivity (Wildman–Crippen MR) is 152 cm³/mol. The molecular formula is C29H34ClF2N3O5S. The van der Waals surface area contributed by atoms with E-state index < -0.39 is 23.5 Å². The van der Waals surface area contributed by atoms with Crippen LogP contribution in [-0.4, -0.2) is 40.8 Å². The fourth-order valence-electron chi connectivity index (χ4n) is 5.98. The molecule has 3 aliphatic rings. The molecule has 1 unspecified atom stereocenters. The number of hydrogen-bond acceptors (Lipinski definition) is 6. The minimum Gasteiger partial charge on any atom is -0.448 e. The maximum Gasteiger partial charge on any atom is 0.254 e. The topological polar surface area (TPSA) is 110 Å². The van der Waals surface area contributed by atoms with Gasteiger partial charge in [0.1, 0.15) is 0 Å². The lowest BCUT2D eigenvalue weighted by molar-refractivity contribution is -0.151. The Bertz CT molecular complexity index is 1430. The van der Waals surface area contributed by atoms with Gasteiger partial charge in [0.15, 0.2) is 11.5 Å². The van der Waals surface area contributed by atoms with Crippen LogP contribution in [0.25, 0.3) is 0 Å². The molecule has 0 spiro atoms. The van der Waals surface area contributed by atoms with Crippen LogP contribution >= 0.6 is 23.4 Å². The molecule has 1 atom stereocenters. The summed E-state index contributed by atoms with van der Waals surface area (Å²) in [6.45, 7) is 5.47. The summed E-state index contributed by atoms with van der Waals surface area (Å²) in [5.41, 5.74) is 1.88. The fraction of sp³-hybridized carbons (Fsp3) is 0.552. The standard InChI is InChI=1S/C29H34ClF2N3O5S/c1-14-9-22(41-4)20(27(38)34-14)13-33-26(37)19-10-21(30)24-23(15(19)2)39-28(3,40-24)17-5-7-18(8-6-17)35-25(36)16-11-29(31,32)12-16/h9-10,16-18H,5-8,11-13H2,1-4H3,(H,33,37)(H,34,38)(H,35,36). The number of alkyl halides is 2. The smallest absolute Gasteiger partial charge is 0.254 e. The molecule has 1 aromatic carbocycles. The number of amides is 2. The van der Waals surface area contributed by atoms with Crippen LogP contribution in [0, 0.1) is 25.7 Å². The van der Waals surface area contributed by atoms with Gasteiger partial charge >= 0.3 is 0 Å². The maximum atomic E-state index is 13.2. The van der Waals surface area contributed by atoms with Crippen LogP contribution in [0.15, 0.2) is 21.8 Å². The highest BCUT2D eigenvalue weighted by Crippen LogP contribution is 2.51. The lowest BCUT2D eigenvalue weighted by atomic mass is 9.79. The molecule has 8 nitrogen and oxygen atoms in total. The number of aryl methyl sites for hydroxylation is 1. The van der Waals surface area contributed by atoms with Gasteiger partial charge in [-0.05, 0) is 57.9 Å². The molecule has 0 saturated heterocycles. The first kappa shape index (κ1) is 29.7. The van der Waals surface area contributed by atoms with E-state index in [1.165, 1.54) is 11.8 Å². The fourth-order valence-corrected chi connectivity index (χ4v) is 6.92. The van der Waals surface area contributed by atoms with Crippen LogP contribution in [0.4, 0.5) is 8.78 Å². The van der Waals surface area contributed by atoms with E-state index >= 15 is 0 Å². The number of halogens is 3. The Morgan fingerprint density at radius 3 is 2.41 bits per heavy atom. The Kier molecular flexibility index (Phi) is 8.06. The number of nitrogens with one attached hydrogen (secondary N) is 3. The molecule has 0 bridgehead atoms. The van der Waals surface area contributed by atoms with Crippen molar-refractivity contribution < 1.29 is 27.8 Å². The molecular weight excluding hydrogens is 576 g/mol. The third-order valence-electron chi connectivity index (χ3n) is 8.44. The number of thioether (sulfide) groups is 1. The molecule has 1 aliphatic heterocycles. The molecule has 2 amide bonds. The average molecular weight is 610 g/mol. The number of benzene rings is 1. The van der Waals surface area contributed by atoms with Gasteiger partial charge in [0, 0.05) is 71.5 Å². The summed E-state index contributed by atoms with van der Waals surface area (Å²) in [4.78, 5) is 41.6. The number of rotatable bonds is 7. The second-order valence-electron chi connectivity index (χ2n) is 11.4. The molecule has 5 rings (SSSR count). The number of aromatic nitrogens is 1. The van der Waals surface area contributed by atoms with E-state index in [4.69, 9.17) is 21.1 Å². The minimum absolute atomic E-state index is 0.0120. The molecule has 2 saturated carbocycles. The van der Waals surface area contributed by atoms with Crippen molar-refractivity contribution in [3.8, 4) is 11.5 Å². The Morgan fingerprint density at radius 1 is 1.12 bits per heavy atom. The van der Waals surface area contributed by atoms with Gasteiger partial charge in [-0.15, -0.1) is 11.8 Å². The lowest BCUT2D eigenvalue weighted by Gasteiger charge is -2.39. The van der Waals surface area contributed by atoms with Crippen molar-refractivity contribution >= 4 is 35.2 Å². The van der Waals surface area contributed by atoms with Crippen molar-refractivity contribution in [3.05, 3.63) is 49.9 Å². The van der Waals surface area contributed by atoms with Crippen LogP contribution in [-0.2, 0) is 11.3 Å². The number of fused-ring (bicyclic) bond motifs is 1. The van der Waals surface area contributed by atoms with Crippen LogP contribution in [0.3, 0.4) is 0 Å². The zero-order valence-electron chi connectivity index (χ0n) is 23.4. The monoisotopic (exact) mass is 609 g/mol. The van der Waals surface area contributed by atoms with Crippen molar-refractivity contribution in [2.75, 3.05) is 6.26 Å². The molecule has 222 valence electrons. The molecule has 0 radical (unpaired) electrons. The van der Waals surface area contributed by atoms with Gasteiger partial charge in [-0.1, -0.05) is 11.6 Å². The van der Waals surface area contributed by atoms with Crippen molar-refractivity contribution in [1.82, 2.24) is 15.6 Å². The molecule has 12 heteroatoms. The Labute approximate surface area is 246 Å². The SMILES string of the molecule is CSc1cc(C)[nH]c(=O)c1CNC(=O)c1cc(Cl)c2c(c1C)OC(C)(C1CCC(NC(=O)C3CC(F)(F)C3)CC1)O2. The summed E-state index contributed by atoms with van der Waals surface area (Å²) in [6, 6.07) is 3.34. The third kappa shape index (κ3) is 5.93. The average Bonchev–Trinajstić information content (AvgIpc) is 3.28. The lowest BCUT2D eigenvalue weighted by Crippen LogP contribution is -2.50. The van der Waals surface area contributed by atoms with Crippen molar-refractivity contribution in [3.63, 3.8) is 0 Å². The summed E-state index contributed by atoms with van der Waals surface area (Å²) in [5.74, 6) is -4.26. The van der Waals surface area contributed by atoms with Crippen molar-refractivity contribution in [2.45, 2.75) is 88.5 Å². The van der Waals surface area contributed by atoms with Crippen molar-refractivity contribution in [2.24, 2.45) is 11.8 Å². The maximum absolute atomic E-state index is 13.2. The highest BCUT2D eigenvalue weighted by Gasteiger charge is 2.50. The first-order chi connectivity index (χ1) is 19.3.